The highest BCUT2D eigenvalue weighted by atomic mass is 35.5. The third kappa shape index (κ3) is 2.65. The topological polar surface area (TPSA) is 55.0 Å². The maximum atomic E-state index is 11.4. The van der Waals surface area contributed by atoms with E-state index < -0.39 is 5.97 Å². The van der Waals surface area contributed by atoms with Crippen molar-refractivity contribution in [3.8, 4) is 11.3 Å². The first kappa shape index (κ1) is 11.7. The van der Waals surface area contributed by atoms with Crippen LogP contribution >= 0.6 is 11.6 Å². The van der Waals surface area contributed by atoms with Crippen LogP contribution in [0.5, 0.6) is 0 Å². The van der Waals surface area contributed by atoms with E-state index in [2.05, 4.69) is 10.2 Å². The molecule has 0 bridgehead atoms. The number of carbonyl (C=O) groups excluding carboxylic acids is 1. The monoisotopic (exact) mass is 250 g/mol. The number of H-pyrrole nitrogens is 1. The lowest BCUT2D eigenvalue weighted by atomic mass is 10.1. The minimum absolute atomic E-state index is 0.341. The number of aromatic nitrogens is 2. The molecule has 0 atom stereocenters. The minimum atomic E-state index is -0.403. The summed E-state index contributed by atoms with van der Waals surface area (Å²) < 4.78 is 4.86. The van der Waals surface area contributed by atoms with E-state index in [-0.39, 0.29) is 0 Å². The Morgan fingerprint density at radius 2 is 2.12 bits per heavy atom. The van der Waals surface area contributed by atoms with Crippen molar-refractivity contribution in [3.63, 3.8) is 0 Å². The zero-order valence-electron chi connectivity index (χ0n) is 9.24. The Morgan fingerprint density at radius 1 is 1.41 bits per heavy atom. The SMILES string of the molecule is CCOC(=O)c1cc(-c2ccc(Cl)cc2)n[nH]1. The van der Waals surface area contributed by atoms with Gasteiger partial charge in [-0.25, -0.2) is 4.79 Å². The molecule has 0 aliphatic rings. The van der Waals surface area contributed by atoms with Crippen LogP contribution < -0.4 is 0 Å². The van der Waals surface area contributed by atoms with Gasteiger partial charge in [0, 0.05) is 10.6 Å². The van der Waals surface area contributed by atoms with Gasteiger partial charge in [-0.05, 0) is 25.1 Å². The molecule has 0 aliphatic carbocycles. The number of carbonyl (C=O) groups is 1. The molecule has 0 amide bonds. The van der Waals surface area contributed by atoms with Gasteiger partial charge in [0.1, 0.15) is 5.69 Å². The van der Waals surface area contributed by atoms with Crippen molar-refractivity contribution >= 4 is 17.6 Å². The van der Waals surface area contributed by atoms with Crippen molar-refractivity contribution in [2.75, 3.05) is 6.61 Å². The summed E-state index contributed by atoms with van der Waals surface area (Å²) >= 11 is 5.79. The summed E-state index contributed by atoms with van der Waals surface area (Å²) in [6.45, 7) is 2.10. The largest absolute Gasteiger partial charge is 0.461 e. The summed E-state index contributed by atoms with van der Waals surface area (Å²) in [5.74, 6) is -0.403. The summed E-state index contributed by atoms with van der Waals surface area (Å²) in [6.07, 6.45) is 0. The lowest BCUT2D eigenvalue weighted by molar-refractivity contribution is 0.0519. The van der Waals surface area contributed by atoms with E-state index in [1.165, 1.54) is 0 Å². The first-order valence-corrected chi connectivity index (χ1v) is 5.57. The second kappa shape index (κ2) is 5.01. The van der Waals surface area contributed by atoms with Crippen molar-refractivity contribution < 1.29 is 9.53 Å². The number of aromatic amines is 1. The van der Waals surface area contributed by atoms with Crippen molar-refractivity contribution in [2.24, 2.45) is 0 Å². The van der Waals surface area contributed by atoms with Crippen molar-refractivity contribution in [1.29, 1.82) is 0 Å². The van der Waals surface area contributed by atoms with Crippen LogP contribution in [0.15, 0.2) is 30.3 Å². The molecule has 2 aromatic rings. The second-order valence-corrected chi connectivity index (χ2v) is 3.83. The Kier molecular flexibility index (Phi) is 3.44. The lowest BCUT2D eigenvalue weighted by Crippen LogP contribution is -2.04. The molecule has 1 heterocycles. The molecule has 0 radical (unpaired) electrons. The van der Waals surface area contributed by atoms with Crippen LogP contribution in [0.3, 0.4) is 0 Å². The zero-order chi connectivity index (χ0) is 12.3. The van der Waals surface area contributed by atoms with Gasteiger partial charge in [0.25, 0.3) is 0 Å². The van der Waals surface area contributed by atoms with Gasteiger partial charge in [-0.3, -0.25) is 5.10 Å². The van der Waals surface area contributed by atoms with Crippen molar-refractivity contribution in [1.82, 2.24) is 10.2 Å². The first-order valence-electron chi connectivity index (χ1n) is 5.19. The Hall–Kier alpha value is -1.81. The summed E-state index contributed by atoms with van der Waals surface area (Å²) in [5.41, 5.74) is 1.92. The maximum absolute atomic E-state index is 11.4. The molecule has 5 heteroatoms. The van der Waals surface area contributed by atoms with Gasteiger partial charge in [0.2, 0.25) is 0 Å². The van der Waals surface area contributed by atoms with E-state index in [4.69, 9.17) is 16.3 Å². The standard InChI is InChI=1S/C12H11ClN2O2/c1-2-17-12(16)11-7-10(14-15-11)8-3-5-9(13)6-4-8/h3-7H,2H2,1H3,(H,14,15). The molecule has 0 fully saturated rings. The number of benzene rings is 1. The van der Waals surface area contributed by atoms with E-state index in [0.29, 0.717) is 23.0 Å². The zero-order valence-corrected chi connectivity index (χ0v) is 9.99. The smallest absolute Gasteiger partial charge is 0.356 e. The van der Waals surface area contributed by atoms with Crippen LogP contribution in [0.25, 0.3) is 11.3 Å². The van der Waals surface area contributed by atoms with Gasteiger partial charge < -0.3 is 4.74 Å². The predicted molar refractivity (Wildman–Crippen MR) is 65.0 cm³/mol. The summed E-state index contributed by atoms with van der Waals surface area (Å²) in [5, 5.41) is 7.36. The average Bonchev–Trinajstić information content (AvgIpc) is 2.80. The fourth-order valence-corrected chi connectivity index (χ4v) is 1.53. The number of nitrogens with one attached hydrogen (secondary N) is 1. The molecule has 0 saturated carbocycles. The van der Waals surface area contributed by atoms with E-state index in [1.807, 2.05) is 12.1 Å². The molecule has 17 heavy (non-hydrogen) atoms. The molecular formula is C12H11ClN2O2. The van der Waals surface area contributed by atoms with Crippen LogP contribution in [0.1, 0.15) is 17.4 Å². The van der Waals surface area contributed by atoms with Crippen LogP contribution in [0, 0.1) is 0 Å². The summed E-state index contributed by atoms with van der Waals surface area (Å²) in [6, 6.07) is 8.88. The van der Waals surface area contributed by atoms with Crippen LogP contribution in [0.4, 0.5) is 0 Å². The van der Waals surface area contributed by atoms with Gasteiger partial charge >= 0.3 is 5.97 Å². The second-order valence-electron chi connectivity index (χ2n) is 3.39. The van der Waals surface area contributed by atoms with E-state index in [1.54, 1.807) is 25.1 Å². The molecule has 0 saturated heterocycles. The van der Waals surface area contributed by atoms with Crippen LogP contribution in [0.2, 0.25) is 5.02 Å². The average molecular weight is 251 g/mol. The fraction of sp³-hybridized carbons (Fsp3) is 0.167. The molecule has 4 nitrogen and oxygen atoms in total. The number of nitrogens with zero attached hydrogens (tertiary/aromatic N) is 1. The number of hydrogen-bond acceptors (Lipinski definition) is 3. The van der Waals surface area contributed by atoms with Crippen molar-refractivity contribution in [3.05, 3.63) is 41.0 Å². The van der Waals surface area contributed by atoms with Gasteiger partial charge in [-0.1, -0.05) is 23.7 Å². The van der Waals surface area contributed by atoms with E-state index >= 15 is 0 Å². The highest BCUT2D eigenvalue weighted by Crippen LogP contribution is 2.20. The van der Waals surface area contributed by atoms with Gasteiger partial charge in [-0.2, -0.15) is 5.10 Å². The van der Waals surface area contributed by atoms with Crippen molar-refractivity contribution in [2.45, 2.75) is 6.92 Å². The molecule has 88 valence electrons. The highest BCUT2D eigenvalue weighted by molar-refractivity contribution is 6.30. The number of halogens is 1. The Morgan fingerprint density at radius 3 is 2.76 bits per heavy atom. The molecule has 1 aromatic carbocycles. The van der Waals surface area contributed by atoms with E-state index in [9.17, 15) is 4.79 Å². The van der Waals surface area contributed by atoms with Crippen LogP contribution in [-0.4, -0.2) is 22.8 Å². The normalized spacial score (nSPS) is 10.2. The third-order valence-corrected chi connectivity index (χ3v) is 2.47. The Labute approximate surface area is 104 Å². The number of ether oxygens (including phenoxy) is 1. The highest BCUT2D eigenvalue weighted by Gasteiger charge is 2.11. The lowest BCUT2D eigenvalue weighted by Gasteiger charge is -1.96. The quantitative estimate of drug-likeness (QED) is 0.852. The predicted octanol–water partition coefficient (Wildman–Crippen LogP) is 2.91. The molecule has 0 aliphatic heterocycles. The molecule has 1 N–H and O–H groups in total. The van der Waals surface area contributed by atoms with Crippen LogP contribution in [-0.2, 0) is 4.74 Å². The Bertz CT molecular complexity index is 520. The summed E-state index contributed by atoms with van der Waals surface area (Å²) in [7, 11) is 0. The number of esters is 1. The fourth-order valence-electron chi connectivity index (χ4n) is 1.40. The minimum Gasteiger partial charge on any atom is -0.461 e. The number of rotatable bonds is 3. The molecule has 0 spiro atoms. The van der Waals surface area contributed by atoms with E-state index in [0.717, 1.165) is 5.56 Å². The first-order chi connectivity index (χ1) is 8.20. The number of hydrogen-bond donors (Lipinski definition) is 1. The molecular weight excluding hydrogens is 240 g/mol. The third-order valence-electron chi connectivity index (χ3n) is 2.21. The molecule has 1 aromatic heterocycles. The molecule has 2 rings (SSSR count). The van der Waals surface area contributed by atoms with Gasteiger partial charge in [0.05, 0.1) is 12.3 Å². The maximum Gasteiger partial charge on any atom is 0.356 e. The van der Waals surface area contributed by atoms with Gasteiger partial charge in [0.15, 0.2) is 0 Å². The van der Waals surface area contributed by atoms with Gasteiger partial charge in [-0.15, -0.1) is 0 Å². The Balaban J connectivity index is 2.23. The molecule has 0 unspecified atom stereocenters. The summed E-state index contributed by atoms with van der Waals surface area (Å²) in [4.78, 5) is 11.4.